The van der Waals surface area contributed by atoms with Crippen LogP contribution in [-0.2, 0) is 4.74 Å². The molecule has 0 radical (unpaired) electrons. The molecule has 0 aliphatic heterocycles. The minimum Gasteiger partial charge on any atom is -0.381 e. The van der Waals surface area contributed by atoms with E-state index in [9.17, 15) is 0 Å². The van der Waals surface area contributed by atoms with E-state index in [1.807, 2.05) is 19.0 Å². The molecule has 4 heteroatoms. The minimum atomic E-state index is 0.190. The third-order valence-electron chi connectivity index (χ3n) is 4.09. The lowest BCUT2D eigenvalue weighted by Gasteiger charge is -2.53. The number of rotatable bonds is 4. The predicted octanol–water partition coefficient (Wildman–Crippen LogP) is 1.46. The van der Waals surface area contributed by atoms with E-state index in [2.05, 4.69) is 18.8 Å². The van der Waals surface area contributed by atoms with Crippen molar-refractivity contribution in [3.8, 4) is 0 Å². The normalized spacial score (nSPS) is 28.7. The van der Waals surface area contributed by atoms with Gasteiger partial charge in [0, 0.05) is 26.6 Å². The van der Waals surface area contributed by atoms with Crippen molar-refractivity contribution in [2.75, 3.05) is 21.2 Å². The predicted molar refractivity (Wildman–Crippen MR) is 67.5 cm³/mol. The first kappa shape index (κ1) is 13.3. The number of aliphatic imine (C=N–C) groups is 1. The van der Waals surface area contributed by atoms with Crippen LogP contribution in [-0.4, -0.2) is 44.2 Å². The summed E-state index contributed by atoms with van der Waals surface area (Å²) in [6.45, 7) is 4.42. The van der Waals surface area contributed by atoms with Crippen molar-refractivity contribution in [3.05, 3.63) is 0 Å². The van der Waals surface area contributed by atoms with Gasteiger partial charge in [-0.3, -0.25) is 0 Å². The Bertz CT molecular complexity index is 259. The topological polar surface area (TPSA) is 50.8 Å². The van der Waals surface area contributed by atoms with Crippen LogP contribution in [0.2, 0.25) is 0 Å². The minimum absolute atomic E-state index is 0.190. The second kappa shape index (κ2) is 5.04. The highest BCUT2D eigenvalue weighted by molar-refractivity contribution is 5.77. The molecule has 94 valence electrons. The van der Waals surface area contributed by atoms with Gasteiger partial charge in [-0.15, -0.1) is 0 Å². The highest BCUT2D eigenvalue weighted by atomic mass is 16.5. The summed E-state index contributed by atoms with van der Waals surface area (Å²) in [4.78, 5) is 6.47. The third kappa shape index (κ3) is 2.03. The number of nitrogens with zero attached hydrogens (tertiary/aromatic N) is 2. The van der Waals surface area contributed by atoms with Gasteiger partial charge in [0.1, 0.15) is 0 Å². The van der Waals surface area contributed by atoms with Gasteiger partial charge in [0.25, 0.3) is 0 Å². The SMILES string of the molecule is CCC1(CC)C(N=C(N)N(C)C)CC1OC. The van der Waals surface area contributed by atoms with Gasteiger partial charge in [0.05, 0.1) is 12.1 Å². The van der Waals surface area contributed by atoms with Crippen molar-refractivity contribution in [1.29, 1.82) is 0 Å². The molecule has 0 spiro atoms. The fourth-order valence-electron chi connectivity index (χ4n) is 2.69. The fraction of sp³-hybridized carbons (Fsp3) is 0.917. The Morgan fingerprint density at radius 2 is 2.00 bits per heavy atom. The van der Waals surface area contributed by atoms with Gasteiger partial charge >= 0.3 is 0 Å². The second-order valence-electron chi connectivity index (χ2n) is 4.80. The van der Waals surface area contributed by atoms with E-state index in [-0.39, 0.29) is 5.41 Å². The number of hydrogen-bond acceptors (Lipinski definition) is 2. The van der Waals surface area contributed by atoms with Crippen LogP contribution < -0.4 is 5.73 Å². The van der Waals surface area contributed by atoms with Crippen LogP contribution in [0, 0.1) is 5.41 Å². The molecule has 1 fully saturated rings. The Hall–Kier alpha value is -0.770. The average molecular weight is 227 g/mol. The molecule has 0 aromatic carbocycles. The lowest BCUT2D eigenvalue weighted by molar-refractivity contribution is -0.112. The van der Waals surface area contributed by atoms with Gasteiger partial charge in [0.15, 0.2) is 5.96 Å². The highest BCUT2D eigenvalue weighted by Gasteiger charge is 2.53. The van der Waals surface area contributed by atoms with Gasteiger partial charge < -0.3 is 15.4 Å². The van der Waals surface area contributed by atoms with Crippen LogP contribution in [0.15, 0.2) is 4.99 Å². The van der Waals surface area contributed by atoms with Crippen molar-refractivity contribution in [3.63, 3.8) is 0 Å². The number of hydrogen-bond donors (Lipinski definition) is 1. The van der Waals surface area contributed by atoms with E-state index in [1.165, 1.54) is 0 Å². The third-order valence-corrected chi connectivity index (χ3v) is 4.09. The van der Waals surface area contributed by atoms with Gasteiger partial charge in [0.2, 0.25) is 0 Å². The van der Waals surface area contributed by atoms with E-state index >= 15 is 0 Å². The van der Waals surface area contributed by atoms with Crippen molar-refractivity contribution in [2.45, 2.75) is 45.3 Å². The van der Waals surface area contributed by atoms with Gasteiger partial charge in [-0.1, -0.05) is 13.8 Å². The first-order chi connectivity index (χ1) is 7.51. The zero-order chi connectivity index (χ0) is 12.3. The van der Waals surface area contributed by atoms with Gasteiger partial charge in [-0.25, -0.2) is 4.99 Å². The Kier molecular flexibility index (Phi) is 4.19. The quantitative estimate of drug-likeness (QED) is 0.584. The molecule has 0 aromatic heterocycles. The van der Waals surface area contributed by atoms with E-state index in [4.69, 9.17) is 10.5 Å². The van der Waals surface area contributed by atoms with Gasteiger partial charge in [-0.2, -0.15) is 0 Å². The zero-order valence-electron chi connectivity index (χ0n) is 11.2. The molecule has 0 amide bonds. The molecule has 0 aromatic rings. The molecule has 2 N–H and O–H groups in total. The standard InChI is InChI=1S/C12H25N3O/c1-6-12(7-2)9(8-10(12)16-5)14-11(13)15(3)4/h9-10H,6-8H2,1-5H3,(H2,13,14). The number of ether oxygens (including phenoxy) is 1. The molecular weight excluding hydrogens is 202 g/mol. The van der Waals surface area contributed by atoms with Crippen LogP contribution in [0.5, 0.6) is 0 Å². The van der Waals surface area contributed by atoms with Crippen molar-refractivity contribution in [1.82, 2.24) is 4.90 Å². The summed E-state index contributed by atoms with van der Waals surface area (Å²) in [5.41, 5.74) is 6.07. The van der Waals surface area contributed by atoms with E-state index in [0.717, 1.165) is 19.3 Å². The Labute approximate surface area is 98.9 Å². The lowest BCUT2D eigenvalue weighted by Crippen LogP contribution is -2.57. The molecule has 2 unspecified atom stereocenters. The molecule has 0 bridgehead atoms. The average Bonchev–Trinajstić information content (AvgIpc) is 2.25. The molecule has 0 heterocycles. The monoisotopic (exact) mass is 227 g/mol. The Balaban J connectivity index is 2.81. The summed E-state index contributed by atoms with van der Waals surface area (Å²) in [7, 11) is 5.63. The van der Waals surface area contributed by atoms with Crippen LogP contribution >= 0.6 is 0 Å². The maximum absolute atomic E-state index is 5.88. The molecule has 1 saturated carbocycles. The summed E-state index contributed by atoms with van der Waals surface area (Å²) in [6, 6.07) is 0.315. The Morgan fingerprint density at radius 1 is 1.44 bits per heavy atom. The number of guanidine groups is 1. The van der Waals surface area contributed by atoms with Crippen LogP contribution in [0.3, 0.4) is 0 Å². The van der Waals surface area contributed by atoms with Crippen molar-refractivity contribution in [2.24, 2.45) is 16.1 Å². The van der Waals surface area contributed by atoms with Crippen LogP contribution in [0.1, 0.15) is 33.1 Å². The lowest BCUT2D eigenvalue weighted by atomic mass is 9.59. The molecule has 1 aliphatic rings. The molecule has 2 atom stereocenters. The largest absolute Gasteiger partial charge is 0.381 e. The fourth-order valence-corrected chi connectivity index (χ4v) is 2.69. The van der Waals surface area contributed by atoms with Crippen LogP contribution in [0.25, 0.3) is 0 Å². The summed E-state index contributed by atoms with van der Waals surface area (Å²) in [6.07, 6.45) is 3.52. The summed E-state index contributed by atoms with van der Waals surface area (Å²) < 4.78 is 5.53. The molecular formula is C12H25N3O. The van der Waals surface area contributed by atoms with E-state index in [0.29, 0.717) is 18.1 Å². The number of nitrogens with two attached hydrogens (primary N) is 1. The van der Waals surface area contributed by atoms with Crippen molar-refractivity contribution >= 4 is 5.96 Å². The van der Waals surface area contributed by atoms with Crippen molar-refractivity contribution < 1.29 is 4.74 Å². The van der Waals surface area contributed by atoms with Crippen LogP contribution in [0.4, 0.5) is 0 Å². The Morgan fingerprint density at radius 3 is 2.38 bits per heavy atom. The smallest absolute Gasteiger partial charge is 0.191 e. The second-order valence-corrected chi connectivity index (χ2v) is 4.80. The first-order valence-electron chi connectivity index (χ1n) is 6.05. The number of methoxy groups -OCH3 is 1. The first-order valence-corrected chi connectivity index (χ1v) is 6.05. The van der Waals surface area contributed by atoms with E-state index < -0.39 is 0 Å². The summed E-state index contributed by atoms with van der Waals surface area (Å²) in [5, 5.41) is 0. The summed E-state index contributed by atoms with van der Waals surface area (Å²) in [5.74, 6) is 0.617. The van der Waals surface area contributed by atoms with E-state index in [1.54, 1.807) is 7.11 Å². The zero-order valence-corrected chi connectivity index (χ0v) is 11.2. The highest BCUT2D eigenvalue weighted by Crippen LogP contribution is 2.50. The molecule has 4 nitrogen and oxygen atoms in total. The summed E-state index contributed by atoms with van der Waals surface area (Å²) >= 11 is 0. The molecule has 1 aliphatic carbocycles. The van der Waals surface area contributed by atoms with Gasteiger partial charge in [-0.05, 0) is 19.3 Å². The molecule has 16 heavy (non-hydrogen) atoms. The molecule has 0 saturated heterocycles. The molecule has 1 rings (SSSR count). The maximum Gasteiger partial charge on any atom is 0.191 e. The maximum atomic E-state index is 5.88.